The fourth-order valence-electron chi connectivity index (χ4n) is 2.21. The number of benzene rings is 2. The fraction of sp³-hybridized carbons (Fsp3) is 0.278. The van der Waals surface area contributed by atoms with Crippen LogP contribution < -0.4 is 10.6 Å². The molecule has 0 amide bonds. The molecule has 0 aliphatic carbocycles. The van der Waals surface area contributed by atoms with Crippen LogP contribution in [0.25, 0.3) is 0 Å². The van der Waals surface area contributed by atoms with Crippen LogP contribution in [0.5, 0.6) is 0 Å². The Hall–Kier alpha value is -1.42. The summed E-state index contributed by atoms with van der Waals surface area (Å²) in [5, 5.41) is 15.1. The quantitative estimate of drug-likeness (QED) is 0.322. The SMILES string of the molecule is CCC(C)c1ccc(NC(=N)NCc2ccc(Cl)c(Cl)c2Cl)cc1. The first kappa shape index (κ1) is 18.9. The Morgan fingerprint density at radius 3 is 2.33 bits per heavy atom. The molecule has 2 rings (SSSR count). The van der Waals surface area contributed by atoms with Crippen LogP contribution in [0.2, 0.25) is 15.1 Å². The lowest BCUT2D eigenvalue weighted by Gasteiger charge is -2.13. The van der Waals surface area contributed by atoms with Crippen molar-refractivity contribution in [2.24, 2.45) is 0 Å². The molecule has 1 atom stereocenters. The van der Waals surface area contributed by atoms with Crippen LogP contribution in [0.15, 0.2) is 36.4 Å². The summed E-state index contributed by atoms with van der Waals surface area (Å²) >= 11 is 18.1. The van der Waals surface area contributed by atoms with Gasteiger partial charge >= 0.3 is 0 Å². The number of nitrogens with one attached hydrogen (secondary N) is 3. The van der Waals surface area contributed by atoms with Gasteiger partial charge in [-0.05, 0) is 41.7 Å². The van der Waals surface area contributed by atoms with Crippen molar-refractivity contribution in [3.8, 4) is 0 Å². The zero-order chi connectivity index (χ0) is 17.7. The molecule has 24 heavy (non-hydrogen) atoms. The number of hydrogen-bond acceptors (Lipinski definition) is 1. The van der Waals surface area contributed by atoms with E-state index in [0.717, 1.165) is 17.7 Å². The number of rotatable bonds is 5. The molecule has 0 saturated carbocycles. The van der Waals surface area contributed by atoms with Gasteiger partial charge in [-0.1, -0.05) is 66.8 Å². The maximum Gasteiger partial charge on any atom is 0.193 e. The predicted molar refractivity (Wildman–Crippen MR) is 105 cm³/mol. The van der Waals surface area contributed by atoms with Crippen LogP contribution in [0.4, 0.5) is 5.69 Å². The van der Waals surface area contributed by atoms with E-state index in [0.29, 0.717) is 27.5 Å². The van der Waals surface area contributed by atoms with Crippen LogP contribution in [-0.2, 0) is 6.54 Å². The highest BCUT2D eigenvalue weighted by atomic mass is 35.5. The zero-order valence-corrected chi connectivity index (χ0v) is 15.9. The minimum absolute atomic E-state index is 0.188. The van der Waals surface area contributed by atoms with E-state index >= 15 is 0 Å². The van der Waals surface area contributed by atoms with Crippen molar-refractivity contribution in [2.75, 3.05) is 5.32 Å². The molecule has 0 aromatic heterocycles. The summed E-state index contributed by atoms with van der Waals surface area (Å²) in [6.07, 6.45) is 1.11. The molecule has 6 heteroatoms. The lowest BCUT2D eigenvalue weighted by molar-refractivity contribution is 0.734. The lowest BCUT2D eigenvalue weighted by atomic mass is 9.99. The summed E-state index contributed by atoms with van der Waals surface area (Å²) in [7, 11) is 0. The largest absolute Gasteiger partial charge is 0.352 e. The van der Waals surface area contributed by atoms with Gasteiger partial charge in [-0.15, -0.1) is 0 Å². The standard InChI is InChI=1S/C18H20Cl3N3/c1-3-11(2)12-4-7-14(8-5-12)24-18(22)23-10-13-6-9-15(19)17(21)16(13)20/h4-9,11H,3,10H2,1-2H3,(H3,22,23,24). The molecule has 0 aliphatic rings. The number of guanidine groups is 1. The van der Waals surface area contributed by atoms with E-state index in [1.807, 2.05) is 12.1 Å². The van der Waals surface area contributed by atoms with E-state index in [2.05, 4.69) is 36.6 Å². The summed E-state index contributed by atoms with van der Waals surface area (Å²) < 4.78 is 0. The molecular weight excluding hydrogens is 365 g/mol. The van der Waals surface area contributed by atoms with Gasteiger partial charge < -0.3 is 10.6 Å². The highest BCUT2D eigenvalue weighted by Gasteiger charge is 2.09. The smallest absolute Gasteiger partial charge is 0.193 e. The molecule has 128 valence electrons. The molecule has 0 radical (unpaired) electrons. The van der Waals surface area contributed by atoms with E-state index in [1.165, 1.54) is 5.56 Å². The van der Waals surface area contributed by atoms with Crippen molar-refractivity contribution in [3.05, 3.63) is 62.6 Å². The predicted octanol–water partition coefficient (Wildman–Crippen LogP) is 6.30. The highest BCUT2D eigenvalue weighted by Crippen LogP contribution is 2.32. The van der Waals surface area contributed by atoms with E-state index < -0.39 is 0 Å². The van der Waals surface area contributed by atoms with Crippen LogP contribution in [-0.4, -0.2) is 5.96 Å². The average molecular weight is 385 g/mol. The summed E-state index contributed by atoms with van der Waals surface area (Å²) in [5.41, 5.74) is 2.94. The van der Waals surface area contributed by atoms with Crippen molar-refractivity contribution < 1.29 is 0 Å². The van der Waals surface area contributed by atoms with Gasteiger partial charge in [0.15, 0.2) is 5.96 Å². The molecule has 0 fully saturated rings. The van der Waals surface area contributed by atoms with Gasteiger partial charge in [0.25, 0.3) is 0 Å². The third-order valence-corrected chi connectivity index (χ3v) is 5.26. The number of hydrogen-bond donors (Lipinski definition) is 3. The second-order valence-electron chi connectivity index (χ2n) is 5.62. The Balaban J connectivity index is 1.93. The lowest BCUT2D eigenvalue weighted by Crippen LogP contribution is -2.29. The third kappa shape index (κ3) is 4.79. The van der Waals surface area contributed by atoms with Crippen molar-refractivity contribution in [1.29, 1.82) is 5.41 Å². The van der Waals surface area contributed by atoms with Crippen molar-refractivity contribution in [3.63, 3.8) is 0 Å². The fourth-order valence-corrected chi connectivity index (χ4v) is 2.83. The van der Waals surface area contributed by atoms with Crippen LogP contribution in [0.1, 0.15) is 37.3 Å². The number of anilines is 1. The molecule has 3 N–H and O–H groups in total. The Labute approximate surface area is 157 Å². The molecule has 0 aliphatic heterocycles. The Bertz CT molecular complexity index is 714. The van der Waals surface area contributed by atoms with Gasteiger partial charge in [0.2, 0.25) is 0 Å². The minimum Gasteiger partial charge on any atom is -0.352 e. The number of halogens is 3. The summed E-state index contributed by atoms with van der Waals surface area (Å²) in [6.45, 7) is 4.75. The Kier molecular flexibility index (Phi) is 6.79. The van der Waals surface area contributed by atoms with Gasteiger partial charge in [-0.25, -0.2) is 0 Å². The maximum absolute atomic E-state index is 7.99. The van der Waals surface area contributed by atoms with Crippen molar-refractivity contribution in [1.82, 2.24) is 5.32 Å². The third-order valence-electron chi connectivity index (χ3n) is 3.93. The topological polar surface area (TPSA) is 47.9 Å². The molecule has 0 heterocycles. The summed E-state index contributed by atoms with van der Waals surface area (Å²) in [6, 6.07) is 11.6. The molecule has 0 spiro atoms. The van der Waals surface area contributed by atoms with Crippen molar-refractivity contribution in [2.45, 2.75) is 32.7 Å². The van der Waals surface area contributed by atoms with Crippen LogP contribution in [0, 0.1) is 5.41 Å². The second-order valence-corrected chi connectivity index (χ2v) is 6.78. The molecule has 3 nitrogen and oxygen atoms in total. The van der Waals surface area contributed by atoms with E-state index in [9.17, 15) is 0 Å². The molecule has 1 unspecified atom stereocenters. The van der Waals surface area contributed by atoms with Crippen molar-refractivity contribution >= 4 is 46.4 Å². The first-order chi connectivity index (χ1) is 11.4. The monoisotopic (exact) mass is 383 g/mol. The molecule has 2 aromatic rings. The van der Waals surface area contributed by atoms with Gasteiger partial charge in [0.05, 0.1) is 15.1 Å². The van der Waals surface area contributed by atoms with E-state index in [1.54, 1.807) is 12.1 Å². The summed E-state index contributed by atoms with van der Waals surface area (Å²) in [5.74, 6) is 0.724. The van der Waals surface area contributed by atoms with Crippen LogP contribution in [0.3, 0.4) is 0 Å². The van der Waals surface area contributed by atoms with Gasteiger partial charge in [-0.2, -0.15) is 0 Å². The van der Waals surface area contributed by atoms with E-state index in [4.69, 9.17) is 40.2 Å². The molecular formula is C18H20Cl3N3. The first-order valence-electron chi connectivity index (χ1n) is 7.74. The second kappa shape index (κ2) is 8.61. The van der Waals surface area contributed by atoms with E-state index in [-0.39, 0.29) is 5.96 Å². The van der Waals surface area contributed by atoms with Gasteiger partial charge in [0.1, 0.15) is 0 Å². The maximum atomic E-state index is 7.99. The zero-order valence-electron chi connectivity index (χ0n) is 13.6. The normalized spacial score (nSPS) is 11.9. The van der Waals surface area contributed by atoms with Gasteiger partial charge in [0, 0.05) is 12.2 Å². The van der Waals surface area contributed by atoms with Crippen LogP contribution >= 0.6 is 34.8 Å². The Morgan fingerprint density at radius 1 is 1.04 bits per heavy atom. The van der Waals surface area contributed by atoms with Gasteiger partial charge in [-0.3, -0.25) is 5.41 Å². The summed E-state index contributed by atoms with van der Waals surface area (Å²) in [4.78, 5) is 0. The highest BCUT2D eigenvalue weighted by molar-refractivity contribution is 6.48. The molecule has 0 saturated heterocycles. The molecule has 2 aromatic carbocycles. The molecule has 0 bridgehead atoms. The first-order valence-corrected chi connectivity index (χ1v) is 8.87. The Morgan fingerprint density at radius 2 is 1.71 bits per heavy atom. The minimum atomic E-state index is 0.188. The average Bonchev–Trinajstić information content (AvgIpc) is 2.59.